The van der Waals surface area contributed by atoms with Crippen molar-refractivity contribution in [2.75, 3.05) is 6.54 Å². The van der Waals surface area contributed by atoms with Crippen LogP contribution in [0.3, 0.4) is 0 Å². The predicted octanol–water partition coefficient (Wildman–Crippen LogP) is 10.5. The fraction of sp³-hybridized carbons (Fsp3) is 0.756. The molecular formula is C45H64FN3O3. The van der Waals surface area contributed by atoms with Crippen molar-refractivity contribution in [3.63, 3.8) is 0 Å². The fourth-order valence-corrected chi connectivity index (χ4v) is 15.0. The van der Waals surface area contributed by atoms with Gasteiger partial charge in [-0.25, -0.2) is 9.37 Å². The Morgan fingerprint density at radius 3 is 2.35 bits per heavy atom. The molecule has 6 nitrogen and oxygen atoms in total. The molecule has 1 saturated heterocycles. The molecule has 1 aromatic carbocycles. The van der Waals surface area contributed by atoms with Crippen LogP contribution in [-0.2, 0) is 14.3 Å². The van der Waals surface area contributed by atoms with Gasteiger partial charge in [-0.05, 0) is 159 Å². The third-order valence-corrected chi connectivity index (χ3v) is 17.6. The van der Waals surface area contributed by atoms with Gasteiger partial charge in [0, 0.05) is 18.9 Å². The maximum atomic E-state index is 15.4. The molecule has 4 unspecified atom stereocenters. The molecule has 2 aromatic rings. The summed E-state index contributed by atoms with van der Waals surface area (Å²) in [4.78, 5) is 38.2. The van der Waals surface area contributed by atoms with Gasteiger partial charge in [-0.15, -0.1) is 0 Å². The zero-order chi connectivity index (χ0) is 37.0. The van der Waals surface area contributed by atoms with Crippen molar-refractivity contribution in [1.29, 1.82) is 0 Å². The lowest BCUT2D eigenvalue weighted by Gasteiger charge is -2.73. The SMILES string of the molecule is CC(=O)O[C@H]1CC[C@@]2(C)C(CC[C@]3(C)C2CC[C@@H]2C4C(C(C)C)CC[C@]4(C(=O)N4CCC[C@H]4c4ncc(-c5ccc(F)cc5)[nH]4)CC[C@]23C)C1(C)C. The summed E-state index contributed by atoms with van der Waals surface area (Å²) in [6, 6.07) is 6.50. The van der Waals surface area contributed by atoms with Crippen molar-refractivity contribution < 1.29 is 18.7 Å². The molecule has 1 amide bonds. The second kappa shape index (κ2) is 12.4. The van der Waals surface area contributed by atoms with Gasteiger partial charge in [0.25, 0.3) is 0 Å². The minimum absolute atomic E-state index is 0.00366. The number of hydrogen-bond donors (Lipinski definition) is 1. The van der Waals surface area contributed by atoms with Crippen molar-refractivity contribution in [3.8, 4) is 11.3 Å². The third kappa shape index (κ3) is 5.08. The maximum absolute atomic E-state index is 15.4. The second-order valence-electron chi connectivity index (χ2n) is 20.1. The quantitative estimate of drug-likeness (QED) is 0.313. The van der Waals surface area contributed by atoms with Crippen molar-refractivity contribution in [3.05, 3.63) is 42.1 Å². The summed E-state index contributed by atoms with van der Waals surface area (Å²) >= 11 is 0. The van der Waals surface area contributed by atoms with Gasteiger partial charge >= 0.3 is 5.97 Å². The number of carbonyl (C=O) groups excluding carboxylic acids is 2. The zero-order valence-electron chi connectivity index (χ0n) is 33.2. The van der Waals surface area contributed by atoms with Gasteiger partial charge in [-0.1, -0.05) is 48.5 Å². The normalized spacial score (nSPS) is 42.3. The summed E-state index contributed by atoms with van der Waals surface area (Å²) in [5.41, 5.74) is 2.05. The van der Waals surface area contributed by atoms with E-state index < -0.39 is 0 Å². The molecule has 284 valence electrons. The van der Waals surface area contributed by atoms with E-state index in [0.717, 1.165) is 75.0 Å². The molecule has 7 heteroatoms. The molecule has 52 heavy (non-hydrogen) atoms. The Morgan fingerprint density at radius 2 is 1.63 bits per heavy atom. The zero-order valence-corrected chi connectivity index (χ0v) is 33.2. The summed E-state index contributed by atoms with van der Waals surface area (Å²) < 4.78 is 19.7. The van der Waals surface area contributed by atoms with Gasteiger partial charge in [0.05, 0.1) is 23.3 Å². The molecule has 11 atom stereocenters. The first-order chi connectivity index (χ1) is 24.6. The number of aromatic nitrogens is 2. The van der Waals surface area contributed by atoms with Crippen LogP contribution in [0.1, 0.15) is 144 Å². The molecule has 5 saturated carbocycles. The number of nitrogens with one attached hydrogen (secondary N) is 1. The average molecular weight is 714 g/mol. The molecular weight excluding hydrogens is 650 g/mol. The highest BCUT2D eigenvalue weighted by Crippen LogP contribution is 2.78. The van der Waals surface area contributed by atoms with Gasteiger partial charge in [0.15, 0.2) is 0 Å². The van der Waals surface area contributed by atoms with Gasteiger partial charge < -0.3 is 14.6 Å². The number of H-pyrrole nitrogens is 1. The maximum Gasteiger partial charge on any atom is 0.302 e. The number of amides is 1. The molecule has 1 N–H and O–H groups in total. The number of likely N-dealkylation sites (tertiary alicyclic amines) is 1. The largest absolute Gasteiger partial charge is 0.462 e. The summed E-state index contributed by atoms with van der Waals surface area (Å²) in [6.07, 6.45) is 15.0. The predicted molar refractivity (Wildman–Crippen MR) is 202 cm³/mol. The number of halogens is 1. The lowest BCUT2D eigenvalue weighted by atomic mass is 9.32. The Labute approximate surface area is 311 Å². The minimum Gasteiger partial charge on any atom is -0.462 e. The molecule has 1 aliphatic heterocycles. The number of nitrogens with zero attached hydrogens (tertiary/aromatic N) is 2. The Balaban J connectivity index is 1.10. The van der Waals surface area contributed by atoms with Crippen LogP contribution in [0.5, 0.6) is 0 Å². The van der Waals surface area contributed by atoms with E-state index in [0.29, 0.717) is 41.4 Å². The highest BCUT2D eigenvalue weighted by atomic mass is 19.1. The molecule has 8 rings (SSSR count). The van der Waals surface area contributed by atoms with Crippen LogP contribution in [0.15, 0.2) is 30.5 Å². The van der Waals surface area contributed by atoms with E-state index in [1.807, 2.05) is 6.20 Å². The summed E-state index contributed by atoms with van der Waals surface area (Å²) in [7, 11) is 0. The van der Waals surface area contributed by atoms with E-state index in [1.165, 1.54) is 37.8 Å². The highest BCUT2D eigenvalue weighted by molar-refractivity contribution is 5.84. The van der Waals surface area contributed by atoms with Crippen LogP contribution in [0.4, 0.5) is 4.39 Å². The number of ether oxygens (including phenoxy) is 1. The monoisotopic (exact) mass is 713 g/mol. The summed E-state index contributed by atoms with van der Waals surface area (Å²) in [5.74, 6) is 4.11. The van der Waals surface area contributed by atoms with Gasteiger partial charge in [-0.3, -0.25) is 9.59 Å². The average Bonchev–Trinajstić information content (AvgIpc) is 3.85. The Hall–Kier alpha value is -2.70. The molecule has 0 bridgehead atoms. The van der Waals surface area contributed by atoms with Crippen LogP contribution in [0.2, 0.25) is 0 Å². The van der Waals surface area contributed by atoms with Crippen molar-refractivity contribution in [1.82, 2.24) is 14.9 Å². The van der Waals surface area contributed by atoms with Crippen LogP contribution in [0, 0.1) is 68.4 Å². The molecule has 0 radical (unpaired) electrons. The van der Waals surface area contributed by atoms with E-state index in [2.05, 4.69) is 58.4 Å². The number of fused-ring (bicyclic) bond motifs is 7. The Kier molecular flexibility index (Phi) is 8.66. The van der Waals surface area contributed by atoms with E-state index in [-0.39, 0.29) is 51.0 Å². The first-order valence-electron chi connectivity index (χ1n) is 20.9. The smallest absolute Gasteiger partial charge is 0.302 e. The Bertz CT molecular complexity index is 1700. The molecule has 2 heterocycles. The van der Waals surface area contributed by atoms with E-state index in [1.54, 1.807) is 19.1 Å². The Morgan fingerprint density at radius 1 is 0.885 bits per heavy atom. The van der Waals surface area contributed by atoms with Crippen molar-refractivity contribution in [2.45, 2.75) is 145 Å². The number of carbonyl (C=O) groups is 2. The van der Waals surface area contributed by atoms with Gasteiger partial charge in [0.2, 0.25) is 5.91 Å². The third-order valence-electron chi connectivity index (χ3n) is 17.6. The number of aromatic amines is 1. The number of imidazole rings is 1. The van der Waals surface area contributed by atoms with E-state index in [4.69, 9.17) is 9.72 Å². The number of benzene rings is 1. The molecule has 6 fully saturated rings. The summed E-state index contributed by atoms with van der Waals surface area (Å²) in [5, 5.41) is 0. The second-order valence-corrected chi connectivity index (χ2v) is 20.1. The van der Waals surface area contributed by atoms with E-state index in [9.17, 15) is 9.18 Å². The lowest BCUT2D eigenvalue weighted by Crippen LogP contribution is -2.67. The number of hydrogen-bond acceptors (Lipinski definition) is 4. The molecule has 1 aromatic heterocycles. The molecule has 5 aliphatic carbocycles. The fourth-order valence-electron chi connectivity index (χ4n) is 15.0. The van der Waals surface area contributed by atoms with Crippen molar-refractivity contribution in [2.24, 2.45) is 62.6 Å². The molecule has 0 spiro atoms. The van der Waals surface area contributed by atoms with Gasteiger partial charge in [-0.2, -0.15) is 0 Å². The number of rotatable bonds is 5. The lowest BCUT2D eigenvalue weighted by molar-refractivity contribution is -0.251. The topological polar surface area (TPSA) is 75.3 Å². The van der Waals surface area contributed by atoms with Crippen molar-refractivity contribution >= 4 is 11.9 Å². The summed E-state index contributed by atoms with van der Waals surface area (Å²) in [6.45, 7) is 19.9. The molecule has 6 aliphatic rings. The van der Waals surface area contributed by atoms with E-state index >= 15 is 4.79 Å². The first kappa shape index (κ1) is 36.3. The standard InChI is InChI=1S/C45H64FN3O3/c1-27(2)31-17-22-45(40(51)49-25-9-10-34(49)39-47-26-33(48-39)29-11-13-30(46)14-12-29)24-23-43(7)32(38(31)45)15-16-36-42(6)20-19-37(52-28(3)50)41(4,5)35(42)18-21-44(36,43)8/h11-14,26-27,31-32,34-38H,9-10,15-25H2,1-8H3,(H,47,48)/t31?,32-,34+,35?,36?,37+,38?,42+,43-,44-,45+/m1/s1. The minimum atomic E-state index is -0.303. The number of esters is 1. The van der Waals surface area contributed by atoms with Gasteiger partial charge in [0.1, 0.15) is 17.7 Å². The first-order valence-corrected chi connectivity index (χ1v) is 20.9. The van der Waals surface area contributed by atoms with Crippen LogP contribution < -0.4 is 0 Å². The van der Waals surface area contributed by atoms with Crippen LogP contribution >= 0.6 is 0 Å². The van der Waals surface area contributed by atoms with Crippen LogP contribution in [0.25, 0.3) is 11.3 Å². The van der Waals surface area contributed by atoms with Crippen LogP contribution in [-0.4, -0.2) is 39.4 Å². The highest BCUT2D eigenvalue weighted by Gasteiger charge is 2.72.